The van der Waals surface area contributed by atoms with Crippen LogP contribution in [0.4, 0.5) is 0 Å². The Hall–Kier alpha value is -0.800. The normalized spacial score (nSPS) is 11.6. The van der Waals surface area contributed by atoms with E-state index in [0.717, 1.165) is 4.47 Å². The first-order valence-corrected chi connectivity index (χ1v) is 6.06. The van der Waals surface area contributed by atoms with Crippen molar-refractivity contribution in [2.24, 2.45) is 7.05 Å². The standard InChI is InChI=1S/C11H8BrNS/c1-13-10-3-2-7(12)6-9(10)8-4-5-14-11(8)13/h2-6H,1H3. The van der Waals surface area contributed by atoms with Crippen molar-refractivity contribution in [1.29, 1.82) is 0 Å². The number of aryl methyl sites for hydroxylation is 1. The second-order valence-corrected chi connectivity index (χ2v) is 5.17. The third-order valence-corrected chi connectivity index (χ3v) is 4.04. The van der Waals surface area contributed by atoms with Gasteiger partial charge in [-0.3, -0.25) is 0 Å². The topological polar surface area (TPSA) is 4.93 Å². The Morgan fingerprint density at radius 1 is 1.21 bits per heavy atom. The number of rotatable bonds is 0. The van der Waals surface area contributed by atoms with Crippen LogP contribution in [0, 0.1) is 0 Å². The van der Waals surface area contributed by atoms with Crippen LogP contribution in [0.3, 0.4) is 0 Å². The first-order chi connectivity index (χ1) is 6.77. The van der Waals surface area contributed by atoms with Gasteiger partial charge in [-0.1, -0.05) is 15.9 Å². The number of aromatic nitrogens is 1. The Morgan fingerprint density at radius 2 is 2.07 bits per heavy atom. The Morgan fingerprint density at radius 3 is 2.93 bits per heavy atom. The lowest BCUT2D eigenvalue weighted by Gasteiger charge is -1.96. The zero-order valence-corrected chi connectivity index (χ0v) is 10.0. The molecule has 3 heteroatoms. The molecular formula is C11H8BrNS. The molecule has 1 nitrogen and oxygen atoms in total. The van der Waals surface area contributed by atoms with Gasteiger partial charge in [0.05, 0.1) is 0 Å². The van der Waals surface area contributed by atoms with Crippen molar-refractivity contribution >= 4 is 48.4 Å². The van der Waals surface area contributed by atoms with E-state index in [9.17, 15) is 0 Å². The number of hydrogen-bond donors (Lipinski definition) is 0. The summed E-state index contributed by atoms with van der Waals surface area (Å²) < 4.78 is 3.39. The lowest BCUT2D eigenvalue weighted by molar-refractivity contribution is 1.02. The summed E-state index contributed by atoms with van der Waals surface area (Å²) in [4.78, 5) is 1.35. The molecule has 1 aromatic carbocycles. The SMILES string of the molecule is Cn1c2ccc(Br)cc2c2ccsc21. The summed E-state index contributed by atoms with van der Waals surface area (Å²) in [7, 11) is 2.12. The number of fused-ring (bicyclic) bond motifs is 3. The summed E-state index contributed by atoms with van der Waals surface area (Å²) in [6, 6.07) is 8.62. The predicted molar refractivity (Wildman–Crippen MR) is 66.0 cm³/mol. The maximum absolute atomic E-state index is 3.51. The highest BCUT2D eigenvalue weighted by molar-refractivity contribution is 9.10. The van der Waals surface area contributed by atoms with Gasteiger partial charge in [0, 0.05) is 27.8 Å². The van der Waals surface area contributed by atoms with E-state index in [1.807, 2.05) is 0 Å². The second kappa shape index (κ2) is 2.84. The molecule has 70 valence electrons. The molecule has 14 heavy (non-hydrogen) atoms. The Kier molecular flexibility index (Phi) is 1.73. The Bertz CT molecular complexity index is 621. The van der Waals surface area contributed by atoms with E-state index in [-0.39, 0.29) is 0 Å². The molecule has 2 heterocycles. The number of thiophene rings is 1. The predicted octanol–water partition coefficient (Wildman–Crippen LogP) is 4.16. The van der Waals surface area contributed by atoms with E-state index in [1.54, 1.807) is 11.3 Å². The van der Waals surface area contributed by atoms with E-state index >= 15 is 0 Å². The van der Waals surface area contributed by atoms with Gasteiger partial charge in [-0.15, -0.1) is 11.3 Å². The molecule has 0 saturated heterocycles. The maximum atomic E-state index is 3.51. The molecular weight excluding hydrogens is 258 g/mol. The van der Waals surface area contributed by atoms with Crippen molar-refractivity contribution in [3.8, 4) is 0 Å². The first-order valence-electron chi connectivity index (χ1n) is 4.38. The number of nitrogens with zero attached hydrogens (tertiary/aromatic N) is 1. The maximum Gasteiger partial charge on any atom is 0.103 e. The van der Waals surface area contributed by atoms with E-state index < -0.39 is 0 Å². The molecule has 0 saturated carbocycles. The van der Waals surface area contributed by atoms with Gasteiger partial charge < -0.3 is 4.57 Å². The third-order valence-electron chi connectivity index (χ3n) is 2.56. The molecule has 2 aromatic heterocycles. The third kappa shape index (κ3) is 0.996. The van der Waals surface area contributed by atoms with E-state index in [1.165, 1.54) is 21.1 Å². The molecule has 0 aliphatic rings. The lowest BCUT2D eigenvalue weighted by atomic mass is 10.2. The largest absolute Gasteiger partial charge is 0.335 e. The van der Waals surface area contributed by atoms with Crippen molar-refractivity contribution in [3.05, 3.63) is 34.1 Å². The van der Waals surface area contributed by atoms with Crippen molar-refractivity contribution in [1.82, 2.24) is 4.57 Å². The zero-order valence-electron chi connectivity index (χ0n) is 7.62. The fourth-order valence-corrected chi connectivity index (χ4v) is 3.15. The molecule has 3 rings (SSSR count). The molecule has 0 fully saturated rings. The number of hydrogen-bond acceptors (Lipinski definition) is 1. The molecule has 0 bridgehead atoms. The van der Waals surface area contributed by atoms with Gasteiger partial charge in [-0.2, -0.15) is 0 Å². The van der Waals surface area contributed by atoms with Crippen LogP contribution in [0.1, 0.15) is 0 Å². The molecule has 3 aromatic rings. The van der Waals surface area contributed by atoms with Crippen LogP contribution >= 0.6 is 27.3 Å². The van der Waals surface area contributed by atoms with Crippen LogP contribution in [0.15, 0.2) is 34.1 Å². The fourth-order valence-electron chi connectivity index (χ4n) is 1.89. The summed E-state index contributed by atoms with van der Waals surface area (Å²) in [6.45, 7) is 0. The molecule has 0 unspecified atom stereocenters. The van der Waals surface area contributed by atoms with Crippen molar-refractivity contribution in [3.63, 3.8) is 0 Å². The summed E-state index contributed by atoms with van der Waals surface area (Å²) in [5.74, 6) is 0. The molecule has 0 aliphatic carbocycles. The summed E-state index contributed by atoms with van der Waals surface area (Å²) in [5.41, 5.74) is 1.30. The zero-order chi connectivity index (χ0) is 9.71. The van der Waals surface area contributed by atoms with Crippen LogP contribution in [0.25, 0.3) is 21.1 Å². The van der Waals surface area contributed by atoms with Gasteiger partial charge in [0.1, 0.15) is 4.83 Å². The molecule has 0 N–H and O–H groups in total. The minimum Gasteiger partial charge on any atom is -0.335 e. The van der Waals surface area contributed by atoms with Gasteiger partial charge in [0.15, 0.2) is 0 Å². The highest BCUT2D eigenvalue weighted by atomic mass is 79.9. The van der Waals surface area contributed by atoms with Crippen LogP contribution in [-0.2, 0) is 7.05 Å². The van der Waals surface area contributed by atoms with Gasteiger partial charge >= 0.3 is 0 Å². The minimum atomic E-state index is 1.14. The Labute approximate surface area is 94.1 Å². The van der Waals surface area contributed by atoms with Crippen molar-refractivity contribution in [2.75, 3.05) is 0 Å². The van der Waals surface area contributed by atoms with Gasteiger partial charge in [-0.05, 0) is 29.6 Å². The lowest BCUT2D eigenvalue weighted by Crippen LogP contribution is -1.83. The monoisotopic (exact) mass is 265 g/mol. The quantitative estimate of drug-likeness (QED) is 0.576. The summed E-state index contributed by atoms with van der Waals surface area (Å²) in [6.07, 6.45) is 0. The fraction of sp³-hybridized carbons (Fsp3) is 0.0909. The Balaban J connectivity index is 2.65. The van der Waals surface area contributed by atoms with Gasteiger partial charge in [0.25, 0.3) is 0 Å². The van der Waals surface area contributed by atoms with E-state index in [2.05, 4.69) is 57.2 Å². The van der Waals surface area contributed by atoms with E-state index in [4.69, 9.17) is 0 Å². The van der Waals surface area contributed by atoms with Crippen LogP contribution in [0.5, 0.6) is 0 Å². The highest BCUT2D eigenvalue weighted by Crippen LogP contribution is 2.33. The molecule has 0 radical (unpaired) electrons. The van der Waals surface area contributed by atoms with Gasteiger partial charge in [0.2, 0.25) is 0 Å². The summed E-state index contributed by atoms with van der Waals surface area (Å²) in [5, 5.41) is 4.83. The minimum absolute atomic E-state index is 1.14. The molecule has 0 aliphatic heterocycles. The van der Waals surface area contributed by atoms with Crippen molar-refractivity contribution < 1.29 is 0 Å². The number of halogens is 1. The van der Waals surface area contributed by atoms with E-state index in [0.29, 0.717) is 0 Å². The average molecular weight is 266 g/mol. The summed E-state index contributed by atoms with van der Waals surface area (Å²) >= 11 is 5.30. The second-order valence-electron chi connectivity index (χ2n) is 3.36. The molecule has 0 spiro atoms. The van der Waals surface area contributed by atoms with Gasteiger partial charge in [-0.25, -0.2) is 0 Å². The molecule has 0 atom stereocenters. The average Bonchev–Trinajstić information content (AvgIpc) is 2.71. The first kappa shape index (κ1) is 8.50. The van der Waals surface area contributed by atoms with Crippen molar-refractivity contribution in [2.45, 2.75) is 0 Å². The molecule has 0 amide bonds. The highest BCUT2D eigenvalue weighted by Gasteiger charge is 2.08. The number of benzene rings is 1. The smallest absolute Gasteiger partial charge is 0.103 e. The van der Waals surface area contributed by atoms with Crippen LogP contribution in [0.2, 0.25) is 0 Å². The van der Waals surface area contributed by atoms with Crippen LogP contribution < -0.4 is 0 Å². The van der Waals surface area contributed by atoms with Crippen LogP contribution in [-0.4, -0.2) is 4.57 Å².